The van der Waals surface area contributed by atoms with Crippen LogP contribution in [0.25, 0.3) is 0 Å². The molecule has 0 aliphatic carbocycles. The van der Waals surface area contributed by atoms with Gasteiger partial charge in [0.15, 0.2) is 6.33 Å². The minimum atomic E-state index is -4.53. The lowest BCUT2D eigenvalue weighted by atomic mass is 10.0. The fraction of sp³-hybridized carbons (Fsp3) is 0.320. The van der Waals surface area contributed by atoms with Crippen molar-refractivity contribution < 1.29 is 27.4 Å². The van der Waals surface area contributed by atoms with Crippen molar-refractivity contribution in [2.24, 2.45) is 11.1 Å². The lowest BCUT2D eigenvalue weighted by Crippen LogP contribution is -2.30. The fourth-order valence-electron chi connectivity index (χ4n) is 4.06. The van der Waals surface area contributed by atoms with Gasteiger partial charge in [0.05, 0.1) is 18.7 Å². The fourth-order valence-corrected chi connectivity index (χ4v) is 4.06. The molecule has 0 saturated carbocycles. The lowest BCUT2D eigenvalue weighted by molar-refractivity contribution is -0.487. The van der Waals surface area contributed by atoms with E-state index in [4.69, 9.17) is 10.6 Å². The van der Waals surface area contributed by atoms with Crippen LogP contribution in [-0.4, -0.2) is 45.7 Å². The number of aromatic nitrogens is 2. The minimum Gasteiger partial charge on any atom is -0.439 e. The van der Waals surface area contributed by atoms with Crippen LogP contribution in [-0.2, 0) is 12.7 Å². The number of carbonyl (C=O) groups is 1. The summed E-state index contributed by atoms with van der Waals surface area (Å²) < 4.78 is 48.3. The number of benzene rings is 2. The van der Waals surface area contributed by atoms with E-state index in [2.05, 4.69) is 25.8 Å². The molecule has 4 N–H and O–H groups in total. The third-order valence-electron chi connectivity index (χ3n) is 5.98. The number of halogens is 3. The van der Waals surface area contributed by atoms with E-state index >= 15 is 0 Å². The molecule has 0 atom stereocenters. The van der Waals surface area contributed by atoms with Gasteiger partial charge in [0.1, 0.15) is 5.75 Å². The largest absolute Gasteiger partial charge is 0.439 e. The Morgan fingerprint density at radius 1 is 1.05 bits per heavy atom. The third kappa shape index (κ3) is 7.16. The second kappa shape index (κ2) is 11.9. The molecule has 38 heavy (non-hydrogen) atoms. The number of likely N-dealkylation sites (tertiary alicyclic amines) is 1. The molecule has 1 aliphatic rings. The highest BCUT2D eigenvalue weighted by Crippen LogP contribution is 2.35. The van der Waals surface area contributed by atoms with Gasteiger partial charge < -0.3 is 15.4 Å². The number of urea groups is 1. The molecule has 0 bridgehead atoms. The number of carbonyl (C=O) groups excluding carboxylic acids is 1. The van der Waals surface area contributed by atoms with Gasteiger partial charge in [-0.1, -0.05) is 17.5 Å². The van der Waals surface area contributed by atoms with Crippen molar-refractivity contribution in [3.05, 3.63) is 66.0 Å². The summed E-state index contributed by atoms with van der Waals surface area (Å²) in [4.78, 5) is 22.5. The van der Waals surface area contributed by atoms with Gasteiger partial charge in [-0.3, -0.25) is 4.90 Å². The van der Waals surface area contributed by atoms with Crippen LogP contribution in [0.5, 0.6) is 11.6 Å². The predicted molar refractivity (Wildman–Crippen MR) is 134 cm³/mol. The Labute approximate surface area is 217 Å². The first-order valence-corrected chi connectivity index (χ1v) is 12.0. The zero-order valence-corrected chi connectivity index (χ0v) is 20.7. The predicted octanol–water partition coefficient (Wildman–Crippen LogP) is 5.52. The second-order valence-corrected chi connectivity index (χ2v) is 8.77. The number of piperidine rings is 1. The van der Waals surface area contributed by atoms with Crippen LogP contribution in [0.1, 0.15) is 30.4 Å². The minimum absolute atomic E-state index is 0.0471. The number of nitrogens with one attached hydrogen (secondary N) is 2. The number of ether oxygens (including phenoxy) is 1. The van der Waals surface area contributed by atoms with E-state index in [1.54, 1.807) is 37.4 Å². The maximum absolute atomic E-state index is 13.8. The topological polar surface area (TPSA) is 121 Å². The maximum Gasteiger partial charge on any atom is 0.416 e. The summed E-state index contributed by atoms with van der Waals surface area (Å²) >= 11 is 0. The molecule has 2 aromatic carbocycles. The summed E-state index contributed by atoms with van der Waals surface area (Å²) in [5.74, 6) is 6.36. The first-order chi connectivity index (χ1) is 18.2. The molecule has 0 spiro atoms. The molecule has 3 aromatic rings. The normalized spacial score (nSPS) is 14.7. The van der Waals surface area contributed by atoms with Gasteiger partial charge in [-0.2, -0.15) is 18.2 Å². The standard InChI is InChI=1S/C25H27F3N8O2/c1-35(34-29)22-14-23(31-16-30-22)38-20-9-7-18(8-10-20)32-24(37)33-19-6-5-17(21(13-19)25(26,27)28)15-36-11-3-2-4-12-36/h5-10,13-14,16,29H,2-4,11-12,15H2,1H3,(H2,32,33,37)/p+1. The first kappa shape index (κ1) is 26.8. The Balaban J connectivity index is 1.38. The van der Waals surface area contributed by atoms with E-state index in [1.807, 2.05) is 4.90 Å². The van der Waals surface area contributed by atoms with Crippen LogP contribution in [0.3, 0.4) is 0 Å². The summed E-state index contributed by atoms with van der Waals surface area (Å²) in [5, 5.41) is 8.58. The zero-order valence-electron chi connectivity index (χ0n) is 20.7. The van der Waals surface area contributed by atoms with Crippen molar-refractivity contribution in [3.8, 4) is 11.6 Å². The van der Waals surface area contributed by atoms with Crippen LogP contribution in [0.15, 0.2) is 60.1 Å². The molecule has 2 amide bonds. The monoisotopic (exact) mass is 529 g/mol. The Hall–Kier alpha value is -4.26. The number of hydrogen-bond acceptors (Lipinski definition) is 6. The van der Waals surface area contributed by atoms with E-state index in [0.29, 0.717) is 17.3 Å². The van der Waals surface area contributed by atoms with Gasteiger partial charge in [0.2, 0.25) is 5.88 Å². The Morgan fingerprint density at radius 3 is 2.42 bits per heavy atom. The molecule has 1 aliphatic heterocycles. The van der Waals surface area contributed by atoms with Crippen LogP contribution in [0.2, 0.25) is 0 Å². The van der Waals surface area contributed by atoms with E-state index in [-0.39, 0.29) is 23.7 Å². The number of rotatable bonds is 7. The van der Waals surface area contributed by atoms with Gasteiger partial charge >= 0.3 is 12.2 Å². The van der Waals surface area contributed by atoms with Crippen molar-refractivity contribution >= 4 is 23.2 Å². The maximum atomic E-state index is 13.8. The van der Waals surface area contributed by atoms with Crippen LogP contribution in [0.4, 0.5) is 35.2 Å². The van der Waals surface area contributed by atoms with Crippen molar-refractivity contribution in [3.63, 3.8) is 0 Å². The highest BCUT2D eigenvalue weighted by atomic mass is 19.4. The van der Waals surface area contributed by atoms with E-state index in [9.17, 15) is 18.0 Å². The lowest BCUT2D eigenvalue weighted by Gasteiger charge is -2.27. The summed E-state index contributed by atoms with van der Waals surface area (Å²) in [6.07, 6.45) is -0.161. The quantitative estimate of drug-likeness (QED) is 0.160. The molecule has 1 fully saturated rings. The van der Waals surface area contributed by atoms with E-state index in [1.165, 1.54) is 23.2 Å². The molecule has 1 aromatic heterocycles. The first-order valence-electron chi connectivity index (χ1n) is 12.0. The second-order valence-electron chi connectivity index (χ2n) is 8.77. The van der Waals surface area contributed by atoms with Crippen molar-refractivity contribution in [1.82, 2.24) is 14.9 Å². The molecule has 1 saturated heterocycles. The highest BCUT2D eigenvalue weighted by Gasteiger charge is 2.34. The summed E-state index contributed by atoms with van der Waals surface area (Å²) in [7, 11) is 1.62. The molecule has 0 radical (unpaired) electrons. The summed E-state index contributed by atoms with van der Waals surface area (Å²) in [5.41, 5.74) is -0.0917. The Bertz CT molecular complexity index is 1290. The smallest absolute Gasteiger partial charge is 0.416 e. The number of alkyl halides is 3. The summed E-state index contributed by atoms with van der Waals surface area (Å²) in [6, 6.07) is 11.1. The van der Waals surface area contributed by atoms with Gasteiger partial charge in [0, 0.05) is 23.1 Å². The van der Waals surface area contributed by atoms with Crippen molar-refractivity contribution in [2.75, 3.05) is 30.8 Å². The van der Waals surface area contributed by atoms with E-state index < -0.39 is 17.8 Å². The number of hydrogen-bond donors (Lipinski definition) is 3. The average Bonchev–Trinajstić information content (AvgIpc) is 2.90. The molecular weight excluding hydrogens is 501 g/mol. The van der Waals surface area contributed by atoms with E-state index in [0.717, 1.165) is 38.4 Å². The SMILES string of the molecule is C[N+](=NN)c1cc(Oc2ccc(NC(=O)Nc3ccc(CN4CCCCC4)c(C(F)(F)F)c3)cc2)ncn1. The van der Waals surface area contributed by atoms with Gasteiger partial charge in [-0.15, -0.1) is 4.70 Å². The molecule has 4 rings (SSSR count). The zero-order chi connectivity index (χ0) is 27.1. The molecule has 0 unspecified atom stereocenters. The summed E-state index contributed by atoms with van der Waals surface area (Å²) in [6.45, 7) is 1.79. The van der Waals surface area contributed by atoms with Gasteiger partial charge in [0.25, 0.3) is 5.82 Å². The van der Waals surface area contributed by atoms with Crippen molar-refractivity contribution in [2.45, 2.75) is 32.0 Å². The number of anilines is 2. The van der Waals surface area contributed by atoms with Crippen molar-refractivity contribution in [1.29, 1.82) is 0 Å². The van der Waals surface area contributed by atoms with Crippen LogP contribution < -0.4 is 21.2 Å². The third-order valence-corrected chi connectivity index (χ3v) is 5.98. The number of amides is 2. The van der Waals surface area contributed by atoms with Gasteiger partial charge in [-0.05, 0) is 67.9 Å². The molecule has 13 heteroatoms. The number of nitrogens with two attached hydrogens (primary N) is 1. The van der Waals surface area contributed by atoms with Gasteiger partial charge in [-0.25, -0.2) is 10.6 Å². The molecular formula is C25H28F3N8O2+. The molecule has 10 nitrogen and oxygen atoms in total. The van der Waals surface area contributed by atoms with Crippen LogP contribution in [0, 0.1) is 0 Å². The molecule has 200 valence electrons. The average molecular weight is 530 g/mol. The van der Waals surface area contributed by atoms with Crippen LogP contribution >= 0.6 is 0 Å². The molecule has 2 heterocycles. The Kier molecular flexibility index (Phi) is 8.36. The Morgan fingerprint density at radius 2 is 1.74 bits per heavy atom. The highest BCUT2D eigenvalue weighted by molar-refractivity contribution is 5.99. The number of nitrogens with zero attached hydrogens (tertiary/aromatic N) is 5.